The van der Waals surface area contributed by atoms with Crippen LogP contribution in [0.25, 0.3) is 0 Å². The quantitative estimate of drug-likeness (QED) is 0.878. The molecule has 0 aliphatic heterocycles. The summed E-state index contributed by atoms with van der Waals surface area (Å²) in [6.45, 7) is 1.87. The first-order valence-corrected chi connectivity index (χ1v) is 6.13. The summed E-state index contributed by atoms with van der Waals surface area (Å²) in [7, 11) is 1.78. The summed E-state index contributed by atoms with van der Waals surface area (Å²) in [5, 5.41) is 0.108. The molecule has 1 aromatic heterocycles. The van der Waals surface area contributed by atoms with Crippen LogP contribution in [0, 0.1) is 5.82 Å². The van der Waals surface area contributed by atoms with E-state index in [1.165, 1.54) is 12.3 Å². The van der Waals surface area contributed by atoms with Crippen molar-refractivity contribution in [2.75, 3.05) is 17.7 Å². The van der Waals surface area contributed by atoms with E-state index in [1.807, 2.05) is 6.92 Å². The highest BCUT2D eigenvalue weighted by molar-refractivity contribution is 6.28. The summed E-state index contributed by atoms with van der Waals surface area (Å²) in [5.74, 6) is 0.219. The van der Waals surface area contributed by atoms with E-state index >= 15 is 0 Å². The number of halogens is 2. The van der Waals surface area contributed by atoms with E-state index < -0.39 is 0 Å². The van der Waals surface area contributed by atoms with Crippen LogP contribution in [0.1, 0.15) is 18.5 Å². The molecule has 0 aliphatic carbocycles. The highest BCUT2D eigenvalue weighted by Crippen LogP contribution is 2.29. The van der Waals surface area contributed by atoms with Crippen molar-refractivity contribution in [3.8, 4) is 0 Å². The Labute approximate surface area is 116 Å². The molecular weight excluding hydrogens is 267 g/mol. The van der Waals surface area contributed by atoms with Crippen LogP contribution < -0.4 is 10.6 Å². The molecule has 1 aromatic carbocycles. The summed E-state index contributed by atoms with van der Waals surface area (Å²) in [6, 6.07) is 6.38. The number of hydrogen-bond donors (Lipinski definition) is 1. The smallest absolute Gasteiger partial charge is 0.224 e. The Morgan fingerprint density at radius 3 is 2.74 bits per heavy atom. The molecule has 0 saturated heterocycles. The second-order valence-electron chi connectivity index (χ2n) is 4.23. The van der Waals surface area contributed by atoms with E-state index in [-0.39, 0.29) is 17.1 Å². The Morgan fingerprint density at radius 2 is 2.05 bits per heavy atom. The molecule has 0 amide bonds. The highest BCUT2D eigenvalue weighted by Gasteiger charge is 2.19. The van der Waals surface area contributed by atoms with Crippen LogP contribution in [0.5, 0.6) is 0 Å². The minimum absolute atomic E-state index is 0.108. The minimum atomic E-state index is -0.263. The van der Waals surface area contributed by atoms with Crippen LogP contribution in [-0.4, -0.2) is 17.0 Å². The van der Waals surface area contributed by atoms with E-state index in [4.69, 9.17) is 17.3 Å². The predicted molar refractivity (Wildman–Crippen MR) is 74.7 cm³/mol. The van der Waals surface area contributed by atoms with Crippen molar-refractivity contribution in [1.29, 1.82) is 0 Å². The topological polar surface area (TPSA) is 55.0 Å². The molecule has 2 rings (SSSR count). The zero-order valence-corrected chi connectivity index (χ0v) is 11.4. The highest BCUT2D eigenvalue weighted by atomic mass is 35.5. The average molecular weight is 281 g/mol. The summed E-state index contributed by atoms with van der Waals surface area (Å²) in [4.78, 5) is 9.65. The van der Waals surface area contributed by atoms with Crippen LogP contribution in [-0.2, 0) is 0 Å². The SMILES string of the molecule is CC(c1ccccc1F)N(C)c1nc(Cl)ncc1N. The van der Waals surface area contributed by atoms with Crippen LogP contribution in [0.3, 0.4) is 0 Å². The fraction of sp³-hybridized carbons (Fsp3) is 0.231. The number of nitrogens with zero attached hydrogens (tertiary/aromatic N) is 3. The zero-order chi connectivity index (χ0) is 14.0. The molecule has 1 unspecified atom stereocenters. The largest absolute Gasteiger partial charge is 0.394 e. The van der Waals surface area contributed by atoms with Gasteiger partial charge in [0, 0.05) is 12.6 Å². The zero-order valence-electron chi connectivity index (χ0n) is 10.6. The van der Waals surface area contributed by atoms with Crippen molar-refractivity contribution >= 4 is 23.1 Å². The molecule has 2 N–H and O–H groups in total. The van der Waals surface area contributed by atoms with Crippen molar-refractivity contribution in [1.82, 2.24) is 9.97 Å². The Kier molecular flexibility index (Phi) is 3.85. The summed E-state index contributed by atoms with van der Waals surface area (Å²) >= 11 is 5.76. The molecule has 0 aliphatic rings. The summed E-state index contributed by atoms with van der Waals surface area (Å²) in [6.07, 6.45) is 1.44. The molecule has 0 radical (unpaired) electrons. The number of aromatic nitrogens is 2. The Bertz CT molecular complexity index is 591. The van der Waals surface area contributed by atoms with Gasteiger partial charge in [0.05, 0.1) is 17.9 Å². The number of nitrogen functional groups attached to an aromatic ring is 1. The first-order chi connectivity index (χ1) is 9.00. The van der Waals surface area contributed by atoms with Crippen LogP contribution in [0.2, 0.25) is 5.28 Å². The van der Waals surface area contributed by atoms with Gasteiger partial charge in [-0.25, -0.2) is 9.37 Å². The van der Waals surface area contributed by atoms with Crippen molar-refractivity contribution in [3.63, 3.8) is 0 Å². The number of rotatable bonds is 3. The molecule has 0 bridgehead atoms. The minimum Gasteiger partial charge on any atom is -0.394 e. The van der Waals surface area contributed by atoms with E-state index in [0.717, 1.165) is 0 Å². The van der Waals surface area contributed by atoms with Gasteiger partial charge in [-0.15, -0.1) is 0 Å². The lowest BCUT2D eigenvalue weighted by atomic mass is 10.1. The van der Waals surface area contributed by atoms with Gasteiger partial charge in [-0.05, 0) is 24.6 Å². The Hall–Kier alpha value is -1.88. The van der Waals surface area contributed by atoms with Crippen LogP contribution in [0.4, 0.5) is 15.9 Å². The maximum absolute atomic E-state index is 13.8. The normalized spacial score (nSPS) is 12.2. The van der Waals surface area contributed by atoms with E-state index in [1.54, 1.807) is 30.1 Å². The Morgan fingerprint density at radius 1 is 1.37 bits per heavy atom. The third-order valence-corrected chi connectivity index (χ3v) is 3.22. The molecule has 0 spiro atoms. The van der Waals surface area contributed by atoms with Gasteiger partial charge >= 0.3 is 0 Å². The van der Waals surface area contributed by atoms with Gasteiger partial charge in [-0.2, -0.15) is 4.98 Å². The molecule has 0 fully saturated rings. The van der Waals surface area contributed by atoms with E-state index in [9.17, 15) is 4.39 Å². The van der Waals surface area contributed by atoms with Crippen molar-refractivity contribution in [2.24, 2.45) is 0 Å². The fourth-order valence-corrected chi connectivity index (χ4v) is 1.98. The maximum Gasteiger partial charge on any atom is 0.224 e. The summed E-state index contributed by atoms with van der Waals surface area (Å²) in [5.41, 5.74) is 6.79. The molecular formula is C13H14ClFN4. The molecule has 1 atom stereocenters. The number of benzene rings is 1. The molecule has 100 valence electrons. The molecule has 6 heteroatoms. The lowest BCUT2D eigenvalue weighted by Crippen LogP contribution is -2.24. The van der Waals surface area contributed by atoms with Gasteiger partial charge in [-0.3, -0.25) is 0 Å². The van der Waals surface area contributed by atoms with Crippen molar-refractivity contribution in [3.05, 3.63) is 47.1 Å². The predicted octanol–water partition coefficient (Wildman–Crippen LogP) is 3.05. The number of anilines is 2. The van der Waals surface area contributed by atoms with Gasteiger partial charge in [0.25, 0.3) is 0 Å². The molecule has 4 nitrogen and oxygen atoms in total. The van der Waals surface area contributed by atoms with Gasteiger partial charge in [0.1, 0.15) is 5.82 Å². The van der Waals surface area contributed by atoms with Crippen molar-refractivity contribution in [2.45, 2.75) is 13.0 Å². The van der Waals surface area contributed by atoms with Crippen LogP contribution >= 0.6 is 11.6 Å². The fourth-order valence-electron chi connectivity index (χ4n) is 1.85. The molecule has 19 heavy (non-hydrogen) atoms. The first-order valence-electron chi connectivity index (χ1n) is 5.76. The maximum atomic E-state index is 13.8. The second-order valence-corrected chi connectivity index (χ2v) is 4.56. The van der Waals surface area contributed by atoms with Gasteiger partial charge < -0.3 is 10.6 Å². The third kappa shape index (κ3) is 2.76. The van der Waals surface area contributed by atoms with Gasteiger partial charge in [0.15, 0.2) is 5.82 Å². The monoisotopic (exact) mass is 280 g/mol. The van der Waals surface area contributed by atoms with E-state index in [0.29, 0.717) is 17.1 Å². The molecule has 0 saturated carbocycles. The van der Waals surface area contributed by atoms with Crippen molar-refractivity contribution < 1.29 is 4.39 Å². The number of hydrogen-bond acceptors (Lipinski definition) is 4. The standard InChI is InChI=1S/C13H14ClFN4/c1-8(9-5-3-4-6-10(9)15)19(2)12-11(16)7-17-13(14)18-12/h3-8H,16H2,1-2H3. The second kappa shape index (κ2) is 5.40. The molecule has 2 aromatic rings. The van der Waals surface area contributed by atoms with Gasteiger partial charge in [0.2, 0.25) is 5.28 Å². The average Bonchev–Trinajstić information content (AvgIpc) is 2.40. The molecule has 1 heterocycles. The Balaban J connectivity index is 2.36. The summed E-state index contributed by atoms with van der Waals surface area (Å²) < 4.78 is 13.8. The first kappa shape index (κ1) is 13.5. The number of nitrogens with two attached hydrogens (primary N) is 1. The third-order valence-electron chi connectivity index (χ3n) is 3.04. The van der Waals surface area contributed by atoms with Gasteiger partial charge in [-0.1, -0.05) is 18.2 Å². The van der Waals surface area contributed by atoms with Crippen LogP contribution in [0.15, 0.2) is 30.5 Å². The lowest BCUT2D eigenvalue weighted by molar-refractivity contribution is 0.584. The van der Waals surface area contributed by atoms with E-state index in [2.05, 4.69) is 9.97 Å². The lowest BCUT2D eigenvalue weighted by Gasteiger charge is -2.27.